The van der Waals surface area contributed by atoms with Crippen LogP contribution in [0.15, 0.2) is 18.2 Å². The Morgan fingerprint density at radius 3 is 3.00 bits per heavy atom. The van der Waals surface area contributed by atoms with E-state index in [-0.39, 0.29) is 18.9 Å². The Balaban J connectivity index is 2.21. The number of benzene rings is 1. The molecule has 114 valence electrons. The standard InChI is InChI=1S/C14H17FN2O4/c1-21-12-3-2-10(15)6-9(12)8-17-5-4-16-14(20)11(17)7-13(18)19/h2-3,6,11H,4-5,7-8H2,1H3,(H,16,20)(H,18,19). The monoisotopic (exact) mass is 296 g/mol. The number of hydrogen-bond acceptors (Lipinski definition) is 4. The summed E-state index contributed by atoms with van der Waals surface area (Å²) in [5, 5.41) is 11.6. The largest absolute Gasteiger partial charge is 0.496 e. The van der Waals surface area contributed by atoms with Gasteiger partial charge < -0.3 is 15.2 Å². The van der Waals surface area contributed by atoms with Gasteiger partial charge in [-0.1, -0.05) is 0 Å². The van der Waals surface area contributed by atoms with Gasteiger partial charge in [0.1, 0.15) is 17.6 Å². The number of carboxylic acid groups (broad SMARTS) is 1. The van der Waals surface area contributed by atoms with E-state index in [1.165, 1.54) is 25.3 Å². The summed E-state index contributed by atoms with van der Waals surface area (Å²) in [5.41, 5.74) is 0.586. The highest BCUT2D eigenvalue weighted by molar-refractivity contribution is 5.86. The number of rotatable bonds is 5. The molecule has 0 aliphatic carbocycles. The highest BCUT2D eigenvalue weighted by Crippen LogP contribution is 2.23. The number of hydrogen-bond donors (Lipinski definition) is 2. The first kappa shape index (κ1) is 15.2. The lowest BCUT2D eigenvalue weighted by Crippen LogP contribution is -2.55. The van der Waals surface area contributed by atoms with Crippen molar-refractivity contribution in [3.63, 3.8) is 0 Å². The summed E-state index contributed by atoms with van der Waals surface area (Å²) >= 11 is 0. The van der Waals surface area contributed by atoms with Gasteiger partial charge in [-0.3, -0.25) is 14.5 Å². The first-order valence-electron chi connectivity index (χ1n) is 6.57. The minimum atomic E-state index is -1.05. The van der Waals surface area contributed by atoms with Gasteiger partial charge in [-0.2, -0.15) is 0 Å². The van der Waals surface area contributed by atoms with Crippen LogP contribution in [0.25, 0.3) is 0 Å². The summed E-state index contributed by atoms with van der Waals surface area (Å²) in [6.45, 7) is 1.20. The molecule has 2 rings (SSSR count). The third kappa shape index (κ3) is 3.69. The number of nitrogens with zero attached hydrogens (tertiary/aromatic N) is 1. The Bertz CT molecular complexity index is 550. The number of piperazine rings is 1. The smallest absolute Gasteiger partial charge is 0.305 e. The van der Waals surface area contributed by atoms with Gasteiger partial charge in [0.05, 0.1) is 13.5 Å². The first-order chi connectivity index (χ1) is 10.0. The molecule has 21 heavy (non-hydrogen) atoms. The fourth-order valence-corrected chi connectivity index (χ4v) is 2.43. The number of carboxylic acids is 1. The number of aliphatic carboxylic acids is 1. The van der Waals surface area contributed by atoms with Gasteiger partial charge in [0, 0.05) is 25.2 Å². The maximum absolute atomic E-state index is 13.4. The summed E-state index contributed by atoms with van der Waals surface area (Å²) in [6.07, 6.45) is -0.288. The summed E-state index contributed by atoms with van der Waals surface area (Å²) in [4.78, 5) is 24.5. The van der Waals surface area contributed by atoms with E-state index in [0.29, 0.717) is 24.4 Å². The van der Waals surface area contributed by atoms with E-state index in [4.69, 9.17) is 9.84 Å². The number of amides is 1. The number of ether oxygens (including phenoxy) is 1. The maximum Gasteiger partial charge on any atom is 0.305 e. The Hall–Kier alpha value is -2.15. The first-order valence-corrected chi connectivity index (χ1v) is 6.57. The third-order valence-electron chi connectivity index (χ3n) is 3.43. The fourth-order valence-electron chi connectivity index (χ4n) is 2.43. The molecule has 1 saturated heterocycles. The molecular weight excluding hydrogens is 279 g/mol. The Kier molecular flexibility index (Phi) is 4.74. The van der Waals surface area contributed by atoms with E-state index in [0.717, 1.165) is 0 Å². The quantitative estimate of drug-likeness (QED) is 0.832. The average molecular weight is 296 g/mol. The molecule has 1 atom stereocenters. The zero-order valence-corrected chi connectivity index (χ0v) is 11.6. The number of halogens is 1. The predicted molar refractivity (Wildman–Crippen MR) is 72.4 cm³/mol. The summed E-state index contributed by atoms with van der Waals surface area (Å²) in [6, 6.07) is 3.38. The van der Waals surface area contributed by atoms with Gasteiger partial charge in [-0.05, 0) is 18.2 Å². The molecule has 1 aliphatic heterocycles. The molecule has 0 saturated carbocycles. The van der Waals surface area contributed by atoms with Crippen LogP contribution in [0.2, 0.25) is 0 Å². The molecule has 1 aromatic carbocycles. The van der Waals surface area contributed by atoms with Crippen LogP contribution in [0.4, 0.5) is 4.39 Å². The van der Waals surface area contributed by atoms with Crippen LogP contribution in [-0.2, 0) is 16.1 Å². The van der Waals surface area contributed by atoms with E-state index in [1.54, 1.807) is 4.90 Å². The van der Waals surface area contributed by atoms with Gasteiger partial charge >= 0.3 is 5.97 Å². The van der Waals surface area contributed by atoms with Gasteiger partial charge in [0.2, 0.25) is 5.91 Å². The van der Waals surface area contributed by atoms with Gasteiger partial charge in [0.25, 0.3) is 0 Å². The molecule has 1 amide bonds. The van der Waals surface area contributed by atoms with Gasteiger partial charge in [-0.15, -0.1) is 0 Å². The summed E-state index contributed by atoms with van der Waals surface area (Å²) in [7, 11) is 1.48. The maximum atomic E-state index is 13.4. The van der Waals surface area contributed by atoms with Crippen molar-refractivity contribution >= 4 is 11.9 Å². The molecule has 1 aliphatic rings. The van der Waals surface area contributed by atoms with Crippen molar-refractivity contribution in [3.05, 3.63) is 29.6 Å². The third-order valence-corrected chi connectivity index (χ3v) is 3.43. The molecule has 7 heteroatoms. The van der Waals surface area contributed by atoms with Crippen LogP contribution in [-0.4, -0.2) is 48.1 Å². The minimum absolute atomic E-state index is 0.256. The summed E-state index contributed by atoms with van der Waals surface area (Å²) < 4.78 is 18.5. The average Bonchev–Trinajstić information content (AvgIpc) is 2.42. The van der Waals surface area contributed by atoms with E-state index in [1.807, 2.05) is 0 Å². The highest BCUT2D eigenvalue weighted by Gasteiger charge is 2.32. The highest BCUT2D eigenvalue weighted by atomic mass is 19.1. The topological polar surface area (TPSA) is 78.9 Å². The van der Waals surface area contributed by atoms with E-state index in [2.05, 4.69) is 5.32 Å². The van der Waals surface area contributed by atoms with Crippen LogP contribution in [0.3, 0.4) is 0 Å². The van der Waals surface area contributed by atoms with E-state index >= 15 is 0 Å². The van der Waals surface area contributed by atoms with Crippen molar-refractivity contribution in [2.75, 3.05) is 20.2 Å². The van der Waals surface area contributed by atoms with Gasteiger partial charge in [0.15, 0.2) is 0 Å². The minimum Gasteiger partial charge on any atom is -0.496 e. The number of nitrogens with one attached hydrogen (secondary N) is 1. The lowest BCUT2D eigenvalue weighted by Gasteiger charge is -2.34. The SMILES string of the molecule is COc1ccc(F)cc1CN1CCNC(=O)C1CC(=O)O. The molecule has 1 fully saturated rings. The van der Waals surface area contributed by atoms with Crippen molar-refractivity contribution in [1.29, 1.82) is 0 Å². The van der Waals surface area contributed by atoms with Crippen LogP contribution in [0.1, 0.15) is 12.0 Å². The Morgan fingerprint density at radius 2 is 2.33 bits per heavy atom. The molecule has 0 spiro atoms. The fraction of sp³-hybridized carbons (Fsp3) is 0.429. The number of carbonyl (C=O) groups is 2. The van der Waals surface area contributed by atoms with Crippen molar-refractivity contribution in [2.45, 2.75) is 19.0 Å². The Labute approximate surface area is 121 Å². The molecular formula is C14H17FN2O4. The van der Waals surface area contributed by atoms with Crippen molar-refractivity contribution in [1.82, 2.24) is 10.2 Å². The van der Waals surface area contributed by atoms with E-state index in [9.17, 15) is 14.0 Å². The second kappa shape index (κ2) is 6.53. The van der Waals surface area contributed by atoms with E-state index < -0.39 is 17.8 Å². The number of methoxy groups -OCH3 is 1. The van der Waals surface area contributed by atoms with Crippen molar-refractivity contribution in [3.8, 4) is 5.75 Å². The van der Waals surface area contributed by atoms with Crippen LogP contribution in [0.5, 0.6) is 5.75 Å². The molecule has 1 unspecified atom stereocenters. The zero-order valence-electron chi connectivity index (χ0n) is 11.6. The van der Waals surface area contributed by atoms with Crippen molar-refractivity contribution in [2.24, 2.45) is 0 Å². The molecule has 2 N–H and O–H groups in total. The molecule has 6 nitrogen and oxygen atoms in total. The lowest BCUT2D eigenvalue weighted by molar-refractivity contribution is -0.143. The van der Waals surface area contributed by atoms with Crippen LogP contribution < -0.4 is 10.1 Å². The molecule has 1 aromatic rings. The second-order valence-corrected chi connectivity index (χ2v) is 4.83. The normalized spacial score (nSPS) is 19.1. The van der Waals surface area contributed by atoms with Crippen molar-refractivity contribution < 1.29 is 23.8 Å². The van der Waals surface area contributed by atoms with Crippen LogP contribution in [0, 0.1) is 5.82 Å². The molecule has 0 bridgehead atoms. The second-order valence-electron chi connectivity index (χ2n) is 4.83. The lowest BCUT2D eigenvalue weighted by atomic mass is 10.1. The number of carbonyl (C=O) groups excluding carboxylic acids is 1. The summed E-state index contributed by atoms with van der Waals surface area (Å²) in [5.74, 6) is -1.26. The molecule has 0 aromatic heterocycles. The Morgan fingerprint density at radius 1 is 1.57 bits per heavy atom. The molecule has 0 radical (unpaired) electrons. The predicted octanol–water partition coefficient (Wildman–Crippen LogP) is 0.609. The zero-order chi connectivity index (χ0) is 15.4. The van der Waals surface area contributed by atoms with Gasteiger partial charge in [-0.25, -0.2) is 4.39 Å². The van der Waals surface area contributed by atoms with Crippen LogP contribution >= 0.6 is 0 Å². The molecule has 1 heterocycles.